The van der Waals surface area contributed by atoms with E-state index < -0.39 is 6.10 Å². The average Bonchev–Trinajstić information content (AvgIpc) is 2.21. The molecule has 0 radical (unpaired) electrons. The molecule has 0 bridgehead atoms. The molecule has 0 aliphatic heterocycles. The first kappa shape index (κ1) is 14.8. The number of benzene rings is 1. The maximum atomic E-state index is 11.9. The molecular weight excluding hydrogens is 250 g/mol. The Morgan fingerprint density at radius 1 is 1.39 bits per heavy atom. The first-order chi connectivity index (χ1) is 8.19. The largest absolute Gasteiger partial charge is 0.481 e. The van der Waals surface area contributed by atoms with Crippen LogP contribution >= 0.6 is 11.6 Å². The van der Waals surface area contributed by atoms with Gasteiger partial charge in [0.2, 0.25) is 0 Å². The average molecular weight is 270 g/mol. The Morgan fingerprint density at radius 3 is 2.50 bits per heavy atom. The normalized spacial score (nSPS) is 13.0. The van der Waals surface area contributed by atoms with E-state index in [1.165, 1.54) is 0 Å². The van der Waals surface area contributed by atoms with Crippen LogP contribution in [0.3, 0.4) is 0 Å². The summed E-state index contributed by atoms with van der Waals surface area (Å²) >= 11 is 5.93. The third kappa shape index (κ3) is 4.57. The van der Waals surface area contributed by atoms with E-state index >= 15 is 0 Å². The molecule has 0 unspecified atom stereocenters. The SMILES string of the molecule is Cc1cc(O[C@H](C)C(=O)NC(C)(C)C)ccc1Cl. The van der Waals surface area contributed by atoms with Gasteiger partial charge >= 0.3 is 0 Å². The van der Waals surface area contributed by atoms with Crippen molar-refractivity contribution in [3.8, 4) is 5.75 Å². The van der Waals surface area contributed by atoms with Crippen LogP contribution in [0.1, 0.15) is 33.3 Å². The fourth-order valence-electron chi connectivity index (χ4n) is 1.42. The van der Waals surface area contributed by atoms with Gasteiger partial charge in [-0.25, -0.2) is 0 Å². The predicted octanol–water partition coefficient (Wildman–Crippen LogP) is 3.33. The topological polar surface area (TPSA) is 38.3 Å². The molecular formula is C14H20ClNO2. The first-order valence-electron chi connectivity index (χ1n) is 5.94. The molecule has 0 heterocycles. The monoisotopic (exact) mass is 269 g/mol. The van der Waals surface area contributed by atoms with E-state index in [0.717, 1.165) is 5.56 Å². The van der Waals surface area contributed by atoms with E-state index in [2.05, 4.69) is 5.32 Å². The quantitative estimate of drug-likeness (QED) is 0.914. The second kappa shape index (κ2) is 5.61. The maximum Gasteiger partial charge on any atom is 0.261 e. The second-order valence-corrected chi connectivity index (χ2v) is 5.82. The number of nitrogens with one attached hydrogen (secondary N) is 1. The van der Waals surface area contributed by atoms with Crippen molar-refractivity contribution in [1.29, 1.82) is 0 Å². The van der Waals surface area contributed by atoms with Gasteiger partial charge in [0.1, 0.15) is 5.75 Å². The number of aryl methyl sites for hydroxylation is 1. The fraction of sp³-hybridized carbons (Fsp3) is 0.500. The summed E-state index contributed by atoms with van der Waals surface area (Å²) in [6.07, 6.45) is -0.537. The van der Waals surface area contributed by atoms with Crippen LogP contribution in [-0.4, -0.2) is 17.6 Å². The van der Waals surface area contributed by atoms with Crippen LogP contribution in [0.5, 0.6) is 5.75 Å². The number of hydrogen-bond donors (Lipinski definition) is 1. The van der Waals surface area contributed by atoms with E-state index in [1.807, 2.05) is 33.8 Å². The minimum absolute atomic E-state index is 0.130. The minimum atomic E-state index is -0.537. The molecule has 0 spiro atoms. The van der Waals surface area contributed by atoms with Crippen LogP contribution in [0, 0.1) is 6.92 Å². The van der Waals surface area contributed by atoms with Crippen LogP contribution in [0.15, 0.2) is 18.2 Å². The molecule has 1 aromatic carbocycles. The fourth-order valence-corrected chi connectivity index (χ4v) is 1.54. The lowest BCUT2D eigenvalue weighted by atomic mass is 10.1. The van der Waals surface area contributed by atoms with Crippen molar-refractivity contribution in [2.24, 2.45) is 0 Å². The van der Waals surface area contributed by atoms with E-state index in [9.17, 15) is 4.79 Å². The van der Waals surface area contributed by atoms with Crippen LogP contribution in [0.25, 0.3) is 0 Å². The lowest BCUT2D eigenvalue weighted by Crippen LogP contribution is -2.46. The molecule has 1 atom stereocenters. The smallest absolute Gasteiger partial charge is 0.261 e. The van der Waals surface area contributed by atoms with Gasteiger partial charge in [0.25, 0.3) is 5.91 Å². The Labute approximate surface area is 113 Å². The van der Waals surface area contributed by atoms with Gasteiger partial charge in [-0.1, -0.05) is 11.6 Å². The molecule has 0 fully saturated rings. The molecule has 1 rings (SSSR count). The van der Waals surface area contributed by atoms with E-state index in [4.69, 9.17) is 16.3 Å². The van der Waals surface area contributed by atoms with Gasteiger partial charge in [0, 0.05) is 10.6 Å². The molecule has 1 aromatic rings. The second-order valence-electron chi connectivity index (χ2n) is 5.41. The Hall–Kier alpha value is -1.22. The lowest BCUT2D eigenvalue weighted by Gasteiger charge is -2.23. The summed E-state index contributed by atoms with van der Waals surface area (Å²) in [7, 11) is 0. The molecule has 0 aliphatic carbocycles. The molecule has 0 saturated carbocycles. The summed E-state index contributed by atoms with van der Waals surface area (Å²) in [5.41, 5.74) is 0.669. The number of carbonyl (C=O) groups excluding carboxylic acids is 1. The van der Waals surface area contributed by atoms with Gasteiger partial charge in [0.05, 0.1) is 0 Å². The zero-order valence-corrected chi connectivity index (χ0v) is 12.3. The molecule has 4 heteroatoms. The Kier molecular flexibility index (Phi) is 4.63. The van der Waals surface area contributed by atoms with Crippen molar-refractivity contribution in [1.82, 2.24) is 5.32 Å². The Morgan fingerprint density at radius 2 is 2.00 bits per heavy atom. The summed E-state index contributed by atoms with van der Waals surface area (Å²) in [5, 5.41) is 3.56. The summed E-state index contributed by atoms with van der Waals surface area (Å²) < 4.78 is 5.59. The zero-order valence-electron chi connectivity index (χ0n) is 11.5. The highest BCUT2D eigenvalue weighted by molar-refractivity contribution is 6.31. The molecule has 1 amide bonds. The highest BCUT2D eigenvalue weighted by Crippen LogP contribution is 2.21. The molecule has 18 heavy (non-hydrogen) atoms. The van der Waals surface area contributed by atoms with Gasteiger partial charge in [-0.05, 0) is 58.4 Å². The van der Waals surface area contributed by atoms with Crippen molar-refractivity contribution in [3.05, 3.63) is 28.8 Å². The van der Waals surface area contributed by atoms with Gasteiger partial charge in [-0.2, -0.15) is 0 Å². The summed E-state index contributed by atoms with van der Waals surface area (Å²) in [5.74, 6) is 0.517. The summed E-state index contributed by atoms with van der Waals surface area (Å²) in [6.45, 7) is 9.43. The third-order valence-corrected chi connectivity index (χ3v) is 2.73. The van der Waals surface area contributed by atoms with Crippen molar-refractivity contribution < 1.29 is 9.53 Å². The number of halogens is 1. The number of carbonyl (C=O) groups is 1. The number of rotatable bonds is 3. The standard InChI is InChI=1S/C14H20ClNO2/c1-9-8-11(6-7-12(9)15)18-10(2)13(17)16-14(3,4)5/h6-8,10H,1-5H3,(H,16,17)/t10-/m1/s1. The van der Waals surface area contributed by atoms with Crippen LogP contribution in [0.4, 0.5) is 0 Å². The highest BCUT2D eigenvalue weighted by Gasteiger charge is 2.20. The van der Waals surface area contributed by atoms with E-state index in [1.54, 1.807) is 19.1 Å². The van der Waals surface area contributed by atoms with E-state index in [-0.39, 0.29) is 11.4 Å². The summed E-state index contributed by atoms with van der Waals surface area (Å²) in [6, 6.07) is 5.35. The number of hydrogen-bond acceptors (Lipinski definition) is 2. The predicted molar refractivity (Wildman–Crippen MR) is 74.2 cm³/mol. The van der Waals surface area contributed by atoms with Crippen molar-refractivity contribution in [2.45, 2.75) is 46.3 Å². The van der Waals surface area contributed by atoms with Crippen molar-refractivity contribution in [3.63, 3.8) is 0 Å². The van der Waals surface area contributed by atoms with Crippen LogP contribution in [-0.2, 0) is 4.79 Å². The number of amides is 1. The molecule has 0 aliphatic rings. The number of ether oxygens (including phenoxy) is 1. The zero-order chi connectivity index (χ0) is 13.9. The summed E-state index contributed by atoms with van der Waals surface area (Å²) in [4.78, 5) is 11.9. The lowest BCUT2D eigenvalue weighted by molar-refractivity contribution is -0.128. The maximum absolute atomic E-state index is 11.9. The van der Waals surface area contributed by atoms with Gasteiger partial charge < -0.3 is 10.1 Å². The molecule has 0 aromatic heterocycles. The van der Waals surface area contributed by atoms with Gasteiger partial charge in [0.15, 0.2) is 6.10 Å². The Bertz CT molecular complexity index is 438. The molecule has 3 nitrogen and oxygen atoms in total. The van der Waals surface area contributed by atoms with Crippen LogP contribution in [0.2, 0.25) is 5.02 Å². The van der Waals surface area contributed by atoms with Crippen molar-refractivity contribution >= 4 is 17.5 Å². The molecule has 0 saturated heterocycles. The first-order valence-corrected chi connectivity index (χ1v) is 6.31. The molecule has 1 N–H and O–H groups in total. The minimum Gasteiger partial charge on any atom is -0.481 e. The van der Waals surface area contributed by atoms with E-state index in [0.29, 0.717) is 10.8 Å². The van der Waals surface area contributed by atoms with Crippen LogP contribution < -0.4 is 10.1 Å². The van der Waals surface area contributed by atoms with Gasteiger partial charge in [-0.15, -0.1) is 0 Å². The van der Waals surface area contributed by atoms with Crippen molar-refractivity contribution in [2.75, 3.05) is 0 Å². The molecule has 100 valence electrons. The highest BCUT2D eigenvalue weighted by atomic mass is 35.5. The van der Waals surface area contributed by atoms with Gasteiger partial charge in [-0.3, -0.25) is 4.79 Å². The Balaban J connectivity index is 2.66. The third-order valence-electron chi connectivity index (χ3n) is 2.31.